The van der Waals surface area contributed by atoms with Crippen molar-refractivity contribution in [3.8, 4) is 28.7 Å². The molecule has 2 heterocycles. The molecule has 0 atom stereocenters. The molecular formula is C31H22F2N4O5. The van der Waals surface area contributed by atoms with Crippen molar-refractivity contribution in [3.63, 3.8) is 0 Å². The van der Waals surface area contributed by atoms with E-state index >= 15 is 4.39 Å². The number of anilines is 1. The number of fused-ring (bicyclic) bond motifs is 1. The average Bonchev–Trinajstić information content (AvgIpc) is 2.99. The standard InChI is InChI=1S/C31H22F2N4O5/c1-17-13-22(31(39)37(29(17)34-2)20-8-5-18(32)6-9-20)30(38)36-19-7-10-26(23(33)14-19)42-25-11-12-35-24-16-28(41-4)27(40-3)15-21(24)25/h5-16H,1,3-4H3,(H,36,38). The molecule has 0 aliphatic rings. The number of carbonyl (C=O) groups excluding carboxylic acids is 1. The number of ether oxygens (including phenoxy) is 3. The van der Waals surface area contributed by atoms with Gasteiger partial charge < -0.3 is 24.4 Å². The van der Waals surface area contributed by atoms with Crippen molar-refractivity contribution >= 4 is 28.3 Å². The van der Waals surface area contributed by atoms with Crippen LogP contribution in [0.1, 0.15) is 15.9 Å². The summed E-state index contributed by atoms with van der Waals surface area (Å²) in [6.45, 7) is 9.07. The van der Waals surface area contributed by atoms with Gasteiger partial charge in [-0.2, -0.15) is 0 Å². The second-order valence-corrected chi connectivity index (χ2v) is 9.03. The maximum atomic E-state index is 15.1. The molecule has 0 saturated carbocycles. The average molecular weight is 569 g/mol. The highest BCUT2D eigenvalue weighted by Crippen LogP contribution is 2.37. The van der Waals surface area contributed by atoms with Crippen LogP contribution in [0.5, 0.6) is 23.0 Å². The Bertz CT molecular complexity index is 1950. The number of rotatable bonds is 7. The molecule has 9 nitrogen and oxygen atoms in total. The zero-order chi connectivity index (χ0) is 30.0. The SMILES string of the molecule is [C-]#[N+]c1c(C)cc(C(=O)Nc2ccc(Oc3ccnc4cc(OC)c(OC)cc34)c(F)c2)c(=O)n1-c1ccc(F)cc1. The molecule has 0 aliphatic heterocycles. The molecule has 2 aromatic heterocycles. The molecule has 3 aromatic carbocycles. The third-order valence-electron chi connectivity index (χ3n) is 6.41. The van der Waals surface area contributed by atoms with Crippen LogP contribution in [0.25, 0.3) is 21.4 Å². The Hall–Kier alpha value is -5.76. The maximum absolute atomic E-state index is 15.1. The number of methoxy groups -OCH3 is 2. The van der Waals surface area contributed by atoms with E-state index in [1.165, 1.54) is 50.7 Å². The number of nitrogens with zero attached hydrogens (tertiary/aromatic N) is 3. The van der Waals surface area contributed by atoms with E-state index in [4.69, 9.17) is 20.8 Å². The minimum absolute atomic E-state index is 0.0181. The second-order valence-electron chi connectivity index (χ2n) is 9.03. The molecule has 5 aromatic rings. The second kappa shape index (κ2) is 11.4. The Morgan fingerprint density at radius 1 is 0.929 bits per heavy atom. The lowest BCUT2D eigenvalue weighted by atomic mass is 10.1. The van der Waals surface area contributed by atoms with E-state index in [2.05, 4.69) is 15.1 Å². The van der Waals surface area contributed by atoms with Crippen LogP contribution in [-0.2, 0) is 0 Å². The Morgan fingerprint density at radius 3 is 2.31 bits per heavy atom. The van der Waals surface area contributed by atoms with Gasteiger partial charge in [-0.25, -0.2) is 18.1 Å². The molecule has 0 bridgehead atoms. The molecule has 210 valence electrons. The topological polar surface area (TPSA) is 96.0 Å². The van der Waals surface area contributed by atoms with E-state index in [0.29, 0.717) is 33.7 Å². The van der Waals surface area contributed by atoms with Crippen LogP contribution in [0.2, 0.25) is 0 Å². The van der Waals surface area contributed by atoms with Gasteiger partial charge >= 0.3 is 5.56 Å². The molecule has 0 fully saturated rings. The van der Waals surface area contributed by atoms with E-state index < -0.39 is 23.1 Å². The quantitative estimate of drug-likeness (QED) is 0.223. The number of nitrogens with one attached hydrogen (secondary N) is 1. The van der Waals surface area contributed by atoms with Crippen LogP contribution in [0, 0.1) is 25.1 Å². The Kier molecular flexibility index (Phi) is 7.53. The monoisotopic (exact) mass is 568 g/mol. The molecule has 0 unspecified atom stereocenters. The van der Waals surface area contributed by atoms with Crippen LogP contribution in [-0.4, -0.2) is 29.7 Å². The number of hydrogen-bond donors (Lipinski definition) is 1. The third-order valence-corrected chi connectivity index (χ3v) is 6.41. The van der Waals surface area contributed by atoms with Crippen LogP contribution >= 0.6 is 0 Å². The summed E-state index contributed by atoms with van der Waals surface area (Å²) >= 11 is 0. The van der Waals surface area contributed by atoms with Gasteiger partial charge in [-0.1, -0.05) is 6.57 Å². The first-order valence-electron chi connectivity index (χ1n) is 12.4. The molecule has 1 amide bonds. The van der Waals surface area contributed by atoms with Crippen LogP contribution in [0.3, 0.4) is 0 Å². The number of halogens is 2. The minimum atomic E-state index is -0.815. The van der Waals surface area contributed by atoms with Gasteiger partial charge in [-0.3, -0.25) is 9.78 Å². The first-order chi connectivity index (χ1) is 20.2. The Balaban J connectivity index is 1.43. The fourth-order valence-corrected chi connectivity index (χ4v) is 4.38. The first kappa shape index (κ1) is 27.8. The number of hydrogen-bond acceptors (Lipinski definition) is 6. The third kappa shape index (κ3) is 5.21. The Labute approximate surface area is 238 Å². The van der Waals surface area contributed by atoms with Gasteiger partial charge in [-0.15, -0.1) is 0 Å². The predicted octanol–water partition coefficient (Wildman–Crippen LogP) is 6.58. The molecule has 42 heavy (non-hydrogen) atoms. The Morgan fingerprint density at radius 2 is 1.64 bits per heavy atom. The van der Waals surface area contributed by atoms with E-state index in [0.717, 1.165) is 22.8 Å². The van der Waals surface area contributed by atoms with Gasteiger partial charge in [0.15, 0.2) is 23.1 Å². The molecule has 0 aliphatic carbocycles. The first-order valence-corrected chi connectivity index (χ1v) is 12.4. The molecule has 0 radical (unpaired) electrons. The summed E-state index contributed by atoms with van der Waals surface area (Å²) in [6, 6.07) is 15.0. The number of amides is 1. The van der Waals surface area contributed by atoms with Crippen molar-refractivity contribution in [1.29, 1.82) is 0 Å². The van der Waals surface area contributed by atoms with E-state index in [9.17, 15) is 14.0 Å². The number of aryl methyl sites for hydroxylation is 1. The fraction of sp³-hybridized carbons (Fsp3) is 0.0968. The lowest BCUT2D eigenvalue weighted by Gasteiger charge is -2.14. The van der Waals surface area contributed by atoms with Crippen LogP contribution in [0.4, 0.5) is 20.3 Å². The summed E-state index contributed by atoms with van der Waals surface area (Å²) in [5.41, 5.74) is 0.117. The van der Waals surface area contributed by atoms with E-state index in [1.54, 1.807) is 25.1 Å². The number of benzene rings is 3. The summed E-state index contributed by atoms with van der Waals surface area (Å²) in [5.74, 6) is -1.02. The summed E-state index contributed by atoms with van der Waals surface area (Å²) < 4.78 is 46.2. The molecular weight excluding hydrogens is 546 g/mol. The number of pyridine rings is 2. The maximum Gasteiger partial charge on any atom is 0.336 e. The fourth-order valence-electron chi connectivity index (χ4n) is 4.38. The summed E-state index contributed by atoms with van der Waals surface area (Å²) in [5, 5.41) is 3.07. The van der Waals surface area contributed by atoms with E-state index in [1.807, 2.05) is 0 Å². The lowest BCUT2D eigenvalue weighted by Crippen LogP contribution is -2.28. The van der Waals surface area contributed by atoms with Crippen LogP contribution in [0.15, 0.2) is 77.7 Å². The van der Waals surface area contributed by atoms with Crippen molar-refractivity contribution in [1.82, 2.24) is 9.55 Å². The largest absolute Gasteiger partial charge is 0.493 e. The highest BCUT2D eigenvalue weighted by atomic mass is 19.1. The summed E-state index contributed by atoms with van der Waals surface area (Å²) in [7, 11) is 3.00. The predicted molar refractivity (Wildman–Crippen MR) is 152 cm³/mol. The molecule has 11 heteroatoms. The minimum Gasteiger partial charge on any atom is -0.493 e. The van der Waals surface area contributed by atoms with Gasteiger partial charge in [0.1, 0.15) is 22.8 Å². The smallest absolute Gasteiger partial charge is 0.336 e. The van der Waals surface area contributed by atoms with Gasteiger partial charge in [0.05, 0.1) is 19.7 Å². The van der Waals surface area contributed by atoms with Crippen molar-refractivity contribution in [2.24, 2.45) is 0 Å². The zero-order valence-corrected chi connectivity index (χ0v) is 22.6. The zero-order valence-electron chi connectivity index (χ0n) is 22.6. The highest BCUT2D eigenvalue weighted by molar-refractivity contribution is 6.04. The van der Waals surface area contributed by atoms with Gasteiger partial charge in [0, 0.05) is 29.4 Å². The normalized spacial score (nSPS) is 10.7. The van der Waals surface area contributed by atoms with Gasteiger partial charge in [-0.05, 0) is 67.1 Å². The van der Waals surface area contributed by atoms with Crippen molar-refractivity contribution in [2.45, 2.75) is 6.92 Å². The lowest BCUT2D eigenvalue weighted by molar-refractivity contribution is 0.102. The number of carbonyl (C=O) groups is 1. The molecule has 0 saturated heterocycles. The molecule has 5 rings (SSSR count). The molecule has 0 spiro atoms. The van der Waals surface area contributed by atoms with Crippen molar-refractivity contribution < 1.29 is 27.8 Å². The van der Waals surface area contributed by atoms with Gasteiger partial charge in [0.25, 0.3) is 5.91 Å². The number of aromatic nitrogens is 2. The molecule has 1 N–H and O–H groups in total. The highest BCUT2D eigenvalue weighted by Gasteiger charge is 2.22. The van der Waals surface area contributed by atoms with Crippen molar-refractivity contribution in [3.05, 3.63) is 117 Å². The van der Waals surface area contributed by atoms with Gasteiger partial charge in [0.2, 0.25) is 5.82 Å². The van der Waals surface area contributed by atoms with E-state index in [-0.39, 0.29) is 28.5 Å². The summed E-state index contributed by atoms with van der Waals surface area (Å²) in [4.78, 5) is 34.1. The summed E-state index contributed by atoms with van der Waals surface area (Å²) in [6.07, 6.45) is 1.51. The van der Waals surface area contributed by atoms with Crippen molar-refractivity contribution in [2.75, 3.05) is 19.5 Å². The van der Waals surface area contributed by atoms with Crippen LogP contribution < -0.4 is 25.1 Å².